The van der Waals surface area contributed by atoms with Crippen molar-refractivity contribution < 1.29 is 19.1 Å². The molecule has 6 heteroatoms. The minimum atomic E-state index is -0.184. The Hall–Kier alpha value is -1.14. The molecule has 6 nitrogen and oxygen atoms in total. The number of hydrogen-bond acceptors (Lipinski definition) is 5. The quantitative estimate of drug-likeness (QED) is 0.514. The highest BCUT2D eigenvalue weighted by Crippen LogP contribution is 2.18. The number of carbonyl (C=O) groups is 2. The van der Waals surface area contributed by atoms with Gasteiger partial charge in [-0.1, -0.05) is 0 Å². The van der Waals surface area contributed by atoms with Gasteiger partial charge in [0.15, 0.2) is 0 Å². The van der Waals surface area contributed by atoms with E-state index in [1.54, 1.807) is 4.90 Å². The Morgan fingerprint density at radius 2 is 2.00 bits per heavy atom. The third-order valence-corrected chi connectivity index (χ3v) is 2.87. The lowest BCUT2D eigenvalue weighted by atomic mass is 9.97. The first-order chi connectivity index (χ1) is 8.19. The van der Waals surface area contributed by atoms with Crippen molar-refractivity contribution in [2.45, 2.75) is 12.8 Å². The van der Waals surface area contributed by atoms with Crippen molar-refractivity contribution in [2.24, 2.45) is 11.7 Å². The Labute approximate surface area is 101 Å². The fraction of sp³-hybridized carbons (Fsp3) is 0.818. The smallest absolute Gasteiger partial charge is 0.308 e. The highest BCUT2D eigenvalue weighted by atomic mass is 16.5. The maximum absolute atomic E-state index is 11.7. The zero-order valence-electron chi connectivity index (χ0n) is 10.2. The van der Waals surface area contributed by atoms with Gasteiger partial charge in [-0.2, -0.15) is 0 Å². The molecular formula is C11H20N2O4. The molecule has 0 radical (unpaired) electrons. The Bertz CT molecular complexity index is 262. The Morgan fingerprint density at radius 3 is 2.53 bits per heavy atom. The van der Waals surface area contributed by atoms with E-state index in [1.807, 2.05) is 0 Å². The van der Waals surface area contributed by atoms with Gasteiger partial charge in [0.2, 0.25) is 5.91 Å². The molecule has 1 rings (SSSR count). The van der Waals surface area contributed by atoms with Crippen LogP contribution >= 0.6 is 0 Å². The predicted molar refractivity (Wildman–Crippen MR) is 61.2 cm³/mol. The van der Waals surface area contributed by atoms with E-state index in [0.717, 1.165) is 0 Å². The minimum Gasteiger partial charge on any atom is -0.469 e. The van der Waals surface area contributed by atoms with E-state index < -0.39 is 0 Å². The molecule has 98 valence electrons. The molecule has 2 N–H and O–H groups in total. The van der Waals surface area contributed by atoms with Crippen molar-refractivity contribution in [2.75, 3.05) is 40.0 Å². The molecule has 0 spiro atoms. The van der Waals surface area contributed by atoms with Crippen LogP contribution in [-0.4, -0.2) is 56.7 Å². The Balaban J connectivity index is 2.26. The van der Waals surface area contributed by atoms with Crippen molar-refractivity contribution in [3.63, 3.8) is 0 Å². The van der Waals surface area contributed by atoms with Crippen LogP contribution in [0.15, 0.2) is 0 Å². The maximum Gasteiger partial charge on any atom is 0.308 e. The molecule has 0 bridgehead atoms. The topological polar surface area (TPSA) is 81.9 Å². The summed E-state index contributed by atoms with van der Waals surface area (Å²) >= 11 is 0. The summed E-state index contributed by atoms with van der Waals surface area (Å²) in [6, 6.07) is 0. The van der Waals surface area contributed by atoms with E-state index in [1.165, 1.54) is 7.11 Å². The largest absolute Gasteiger partial charge is 0.469 e. The third-order valence-electron chi connectivity index (χ3n) is 2.87. The number of carbonyl (C=O) groups excluding carboxylic acids is 2. The number of hydrogen-bond donors (Lipinski definition) is 1. The summed E-state index contributed by atoms with van der Waals surface area (Å²) in [7, 11) is 1.39. The molecule has 0 aliphatic carbocycles. The molecule has 17 heavy (non-hydrogen) atoms. The lowest BCUT2D eigenvalue weighted by molar-refractivity contribution is -0.149. The molecule has 1 fully saturated rings. The SMILES string of the molecule is COC(=O)C1CCN(C(=O)COCCN)CC1. The first-order valence-electron chi connectivity index (χ1n) is 5.82. The van der Waals surface area contributed by atoms with Crippen LogP contribution in [0.2, 0.25) is 0 Å². The number of ether oxygens (including phenoxy) is 2. The highest BCUT2D eigenvalue weighted by molar-refractivity contribution is 5.78. The summed E-state index contributed by atoms with van der Waals surface area (Å²) in [4.78, 5) is 24.7. The molecular weight excluding hydrogens is 224 g/mol. The molecule has 0 saturated carbocycles. The van der Waals surface area contributed by atoms with E-state index in [2.05, 4.69) is 4.74 Å². The molecule has 0 aromatic rings. The third kappa shape index (κ3) is 4.32. The number of nitrogens with two attached hydrogens (primary N) is 1. The van der Waals surface area contributed by atoms with Gasteiger partial charge in [-0.3, -0.25) is 9.59 Å². The van der Waals surface area contributed by atoms with Crippen LogP contribution in [0.5, 0.6) is 0 Å². The maximum atomic E-state index is 11.7. The minimum absolute atomic E-state index is 0.0400. The molecule has 0 aromatic carbocycles. The van der Waals surface area contributed by atoms with Gasteiger partial charge < -0.3 is 20.1 Å². The molecule has 0 aromatic heterocycles. The molecule has 0 unspecified atom stereocenters. The van der Waals surface area contributed by atoms with E-state index >= 15 is 0 Å². The van der Waals surface area contributed by atoms with Gasteiger partial charge in [0.25, 0.3) is 0 Å². The molecule has 1 aliphatic rings. The predicted octanol–water partition coefficient (Wildman–Crippen LogP) is -0.627. The number of likely N-dealkylation sites (tertiary alicyclic amines) is 1. The van der Waals surface area contributed by atoms with Gasteiger partial charge in [0.1, 0.15) is 6.61 Å². The average molecular weight is 244 g/mol. The lowest BCUT2D eigenvalue weighted by Crippen LogP contribution is -2.42. The van der Waals surface area contributed by atoms with Gasteiger partial charge in [0.05, 0.1) is 19.6 Å². The number of rotatable bonds is 5. The molecule has 1 amide bonds. The van der Waals surface area contributed by atoms with Gasteiger partial charge in [-0.25, -0.2) is 0 Å². The summed E-state index contributed by atoms with van der Waals surface area (Å²) in [6.07, 6.45) is 1.32. The summed E-state index contributed by atoms with van der Waals surface area (Å²) < 4.78 is 9.77. The first-order valence-corrected chi connectivity index (χ1v) is 5.82. The van der Waals surface area contributed by atoms with Crippen LogP contribution in [-0.2, 0) is 19.1 Å². The zero-order chi connectivity index (χ0) is 12.7. The summed E-state index contributed by atoms with van der Waals surface area (Å²) in [5.41, 5.74) is 5.26. The van der Waals surface area contributed by atoms with Crippen LogP contribution in [0.4, 0.5) is 0 Å². The number of amides is 1. The van der Waals surface area contributed by atoms with E-state index in [4.69, 9.17) is 10.5 Å². The molecule has 1 aliphatic heterocycles. The van der Waals surface area contributed by atoms with Crippen molar-refractivity contribution in [3.05, 3.63) is 0 Å². The van der Waals surface area contributed by atoms with Crippen LogP contribution < -0.4 is 5.73 Å². The van der Waals surface area contributed by atoms with Crippen LogP contribution in [0.25, 0.3) is 0 Å². The average Bonchev–Trinajstić information content (AvgIpc) is 2.38. The number of esters is 1. The number of piperidine rings is 1. The van der Waals surface area contributed by atoms with Gasteiger partial charge in [-0.05, 0) is 12.8 Å². The van der Waals surface area contributed by atoms with Crippen LogP contribution in [0.1, 0.15) is 12.8 Å². The number of methoxy groups -OCH3 is 1. The van der Waals surface area contributed by atoms with Crippen LogP contribution in [0.3, 0.4) is 0 Å². The monoisotopic (exact) mass is 244 g/mol. The van der Waals surface area contributed by atoms with E-state index in [-0.39, 0.29) is 24.4 Å². The summed E-state index contributed by atoms with van der Waals surface area (Å²) in [5, 5.41) is 0. The second-order valence-corrected chi connectivity index (χ2v) is 4.02. The van der Waals surface area contributed by atoms with Gasteiger partial charge >= 0.3 is 5.97 Å². The van der Waals surface area contributed by atoms with Gasteiger partial charge in [0, 0.05) is 19.6 Å². The fourth-order valence-corrected chi connectivity index (χ4v) is 1.87. The number of nitrogens with zero attached hydrogens (tertiary/aromatic N) is 1. The van der Waals surface area contributed by atoms with Crippen molar-refractivity contribution in [1.82, 2.24) is 4.90 Å². The van der Waals surface area contributed by atoms with Gasteiger partial charge in [-0.15, -0.1) is 0 Å². The fourth-order valence-electron chi connectivity index (χ4n) is 1.87. The van der Waals surface area contributed by atoms with E-state index in [0.29, 0.717) is 39.1 Å². The van der Waals surface area contributed by atoms with E-state index in [9.17, 15) is 9.59 Å². The Morgan fingerprint density at radius 1 is 1.35 bits per heavy atom. The zero-order valence-corrected chi connectivity index (χ0v) is 10.2. The second kappa shape index (κ2) is 7.24. The summed E-state index contributed by atoms with van der Waals surface area (Å²) in [6.45, 7) is 2.05. The van der Waals surface area contributed by atoms with Crippen molar-refractivity contribution in [1.29, 1.82) is 0 Å². The molecule has 1 heterocycles. The Kier molecular flexibility index (Phi) is 5.93. The second-order valence-electron chi connectivity index (χ2n) is 4.02. The molecule has 0 atom stereocenters. The standard InChI is InChI=1S/C11H20N2O4/c1-16-11(15)9-2-5-13(6-3-9)10(14)8-17-7-4-12/h9H,2-8,12H2,1H3. The van der Waals surface area contributed by atoms with Crippen molar-refractivity contribution >= 4 is 11.9 Å². The lowest BCUT2D eigenvalue weighted by Gasteiger charge is -2.30. The van der Waals surface area contributed by atoms with Crippen LogP contribution in [0, 0.1) is 5.92 Å². The normalized spacial score (nSPS) is 16.9. The summed E-state index contributed by atoms with van der Waals surface area (Å²) in [5.74, 6) is -0.299. The highest BCUT2D eigenvalue weighted by Gasteiger charge is 2.27. The molecule has 1 saturated heterocycles. The van der Waals surface area contributed by atoms with Crippen molar-refractivity contribution in [3.8, 4) is 0 Å². The first kappa shape index (κ1) is 13.9.